The molecule has 0 atom stereocenters. The first kappa shape index (κ1) is 23.5. The highest BCUT2D eigenvalue weighted by molar-refractivity contribution is 6.56. The number of carboxylic acid groups (broad SMARTS) is 1. The number of aliphatic carboxylic acids is 1. The highest BCUT2D eigenvalue weighted by atomic mass is 35.5. The Balaban J connectivity index is 2.11. The lowest BCUT2D eigenvalue weighted by molar-refractivity contribution is -0.141. The number of benzene rings is 2. The van der Waals surface area contributed by atoms with Gasteiger partial charge in [0.25, 0.3) is 0 Å². The molecule has 0 aliphatic heterocycles. The van der Waals surface area contributed by atoms with Gasteiger partial charge < -0.3 is 15.3 Å². The number of rotatable bonds is 5. The standard InChI is InChI=1S/C21H13B2ClF3NO4/c22-16-17(23)19(31)15(20(32)18(16)24)12-6-11(7-13(28-12)21(25,26)27)5-9-1-3-10(4-2-9)8-14(29)30/h1-4,6-7,31-32H,5,8H2,(H,29,30). The number of nitrogens with zero attached hydrogens (tertiary/aromatic N) is 1. The van der Waals surface area contributed by atoms with Crippen LogP contribution in [0.3, 0.4) is 0 Å². The zero-order valence-corrected chi connectivity index (χ0v) is 17.0. The molecule has 1 aromatic heterocycles. The van der Waals surface area contributed by atoms with Gasteiger partial charge in [-0.15, -0.1) is 0 Å². The summed E-state index contributed by atoms with van der Waals surface area (Å²) in [6.07, 6.45) is -4.97. The SMILES string of the molecule is [B]c1c([B])c(Cl)c(O)c(-c2cc(Cc3ccc(CC(=O)O)cc3)cc(C(F)(F)F)n2)c1O. The van der Waals surface area contributed by atoms with E-state index in [1.807, 2.05) is 0 Å². The van der Waals surface area contributed by atoms with Crippen molar-refractivity contribution in [2.45, 2.75) is 19.0 Å². The van der Waals surface area contributed by atoms with E-state index in [4.69, 9.17) is 32.4 Å². The topological polar surface area (TPSA) is 90.7 Å². The Hall–Kier alpha value is -3.13. The number of phenolic OH excluding ortho intramolecular Hbond substituents is 2. The lowest BCUT2D eigenvalue weighted by Crippen LogP contribution is -2.27. The van der Waals surface area contributed by atoms with E-state index in [0.29, 0.717) is 11.1 Å². The maximum absolute atomic E-state index is 13.5. The summed E-state index contributed by atoms with van der Waals surface area (Å²) in [5, 5.41) is 29.0. The van der Waals surface area contributed by atoms with Crippen LogP contribution in [0.4, 0.5) is 13.2 Å². The van der Waals surface area contributed by atoms with Crippen LogP contribution in [0.25, 0.3) is 11.3 Å². The Morgan fingerprint density at radius 1 is 0.969 bits per heavy atom. The maximum atomic E-state index is 13.5. The van der Waals surface area contributed by atoms with Crippen molar-refractivity contribution < 1.29 is 33.3 Å². The van der Waals surface area contributed by atoms with E-state index in [1.165, 1.54) is 6.07 Å². The molecular formula is C21H13B2ClF3NO4. The number of hydrogen-bond donors (Lipinski definition) is 3. The summed E-state index contributed by atoms with van der Waals surface area (Å²) in [5.41, 5.74) is -1.55. The summed E-state index contributed by atoms with van der Waals surface area (Å²) >= 11 is 5.90. The number of carbonyl (C=O) groups is 1. The molecule has 2 aromatic carbocycles. The van der Waals surface area contributed by atoms with Crippen molar-refractivity contribution in [2.24, 2.45) is 0 Å². The summed E-state index contributed by atoms with van der Waals surface area (Å²) in [7, 11) is 11.3. The minimum atomic E-state index is -4.81. The minimum Gasteiger partial charge on any atom is -0.508 e. The quantitative estimate of drug-likeness (QED) is 0.513. The lowest BCUT2D eigenvalue weighted by Gasteiger charge is -2.17. The van der Waals surface area contributed by atoms with Crippen LogP contribution in [0.1, 0.15) is 22.4 Å². The number of alkyl halides is 3. The lowest BCUT2D eigenvalue weighted by atomic mass is 9.78. The molecule has 32 heavy (non-hydrogen) atoms. The number of phenols is 2. The van der Waals surface area contributed by atoms with Gasteiger partial charge in [-0.1, -0.05) is 46.8 Å². The molecule has 1 heterocycles. The minimum absolute atomic E-state index is 0.0334. The molecule has 3 aromatic rings. The van der Waals surface area contributed by atoms with Crippen LogP contribution < -0.4 is 10.9 Å². The third-order valence-corrected chi connectivity index (χ3v) is 5.06. The van der Waals surface area contributed by atoms with Crippen LogP contribution in [0.5, 0.6) is 11.5 Å². The molecule has 0 saturated carbocycles. The largest absolute Gasteiger partial charge is 0.508 e. The average Bonchev–Trinajstić information content (AvgIpc) is 2.71. The second kappa shape index (κ2) is 8.78. The van der Waals surface area contributed by atoms with Gasteiger partial charge in [-0.2, -0.15) is 13.2 Å². The van der Waals surface area contributed by atoms with E-state index in [1.54, 1.807) is 24.3 Å². The Morgan fingerprint density at radius 2 is 1.56 bits per heavy atom. The number of pyridine rings is 1. The fraction of sp³-hybridized carbons (Fsp3) is 0.143. The molecule has 160 valence electrons. The van der Waals surface area contributed by atoms with Gasteiger partial charge in [0, 0.05) is 0 Å². The van der Waals surface area contributed by atoms with Crippen LogP contribution in [-0.2, 0) is 23.8 Å². The molecule has 0 bridgehead atoms. The van der Waals surface area contributed by atoms with Gasteiger partial charge in [0.1, 0.15) is 32.9 Å². The van der Waals surface area contributed by atoms with Crippen molar-refractivity contribution in [3.8, 4) is 22.8 Å². The van der Waals surface area contributed by atoms with Gasteiger partial charge in [-0.3, -0.25) is 4.79 Å². The molecule has 3 rings (SSSR count). The predicted octanol–water partition coefficient (Wildman–Crippen LogP) is 2.64. The summed E-state index contributed by atoms with van der Waals surface area (Å²) < 4.78 is 40.5. The molecule has 0 spiro atoms. The van der Waals surface area contributed by atoms with Crippen LogP contribution >= 0.6 is 11.6 Å². The number of hydrogen-bond acceptors (Lipinski definition) is 4. The number of aromatic nitrogens is 1. The summed E-state index contributed by atoms with van der Waals surface area (Å²) in [6.45, 7) is 0. The van der Waals surface area contributed by atoms with Crippen molar-refractivity contribution in [3.63, 3.8) is 0 Å². The van der Waals surface area contributed by atoms with E-state index in [-0.39, 0.29) is 23.9 Å². The third kappa shape index (κ3) is 4.85. The molecule has 0 fully saturated rings. The first-order valence-corrected chi connectivity index (χ1v) is 9.42. The number of aromatic hydroxyl groups is 2. The van der Waals surface area contributed by atoms with Crippen molar-refractivity contribution in [2.75, 3.05) is 0 Å². The van der Waals surface area contributed by atoms with Crippen LogP contribution in [0.2, 0.25) is 5.02 Å². The second-order valence-electron chi connectivity index (χ2n) is 7.02. The monoisotopic (exact) mass is 457 g/mol. The van der Waals surface area contributed by atoms with Crippen molar-refractivity contribution in [3.05, 3.63) is 63.8 Å². The van der Waals surface area contributed by atoms with Crippen molar-refractivity contribution in [1.82, 2.24) is 4.98 Å². The number of carboxylic acids is 1. The highest BCUT2D eigenvalue weighted by Gasteiger charge is 2.34. The highest BCUT2D eigenvalue weighted by Crippen LogP contribution is 2.40. The first-order valence-electron chi connectivity index (χ1n) is 9.05. The molecule has 0 aliphatic rings. The van der Waals surface area contributed by atoms with E-state index >= 15 is 0 Å². The van der Waals surface area contributed by atoms with Crippen LogP contribution in [-0.4, -0.2) is 42.0 Å². The summed E-state index contributed by atoms with van der Waals surface area (Å²) in [6, 6.07) is 8.41. The van der Waals surface area contributed by atoms with Crippen molar-refractivity contribution in [1.29, 1.82) is 0 Å². The second-order valence-corrected chi connectivity index (χ2v) is 7.40. The van der Waals surface area contributed by atoms with Gasteiger partial charge >= 0.3 is 12.1 Å². The smallest absolute Gasteiger partial charge is 0.433 e. The van der Waals surface area contributed by atoms with E-state index in [9.17, 15) is 28.2 Å². The van der Waals surface area contributed by atoms with E-state index < -0.39 is 51.1 Å². The van der Waals surface area contributed by atoms with Crippen LogP contribution in [0, 0.1) is 0 Å². The zero-order chi connectivity index (χ0) is 23.8. The van der Waals surface area contributed by atoms with Gasteiger partial charge in [0.2, 0.25) is 0 Å². The first-order chi connectivity index (χ1) is 14.9. The van der Waals surface area contributed by atoms with Gasteiger partial charge in [0.15, 0.2) is 0 Å². The molecule has 5 nitrogen and oxygen atoms in total. The fourth-order valence-corrected chi connectivity index (χ4v) is 3.32. The Kier molecular flexibility index (Phi) is 6.46. The van der Waals surface area contributed by atoms with Gasteiger partial charge in [-0.25, -0.2) is 4.98 Å². The molecule has 4 radical (unpaired) electrons. The third-order valence-electron chi connectivity index (χ3n) is 4.68. The number of halogens is 4. The Bertz CT molecular complexity index is 1170. The van der Waals surface area contributed by atoms with Gasteiger partial charge in [-0.05, 0) is 35.2 Å². The normalized spacial score (nSPS) is 11.5. The zero-order valence-electron chi connectivity index (χ0n) is 16.2. The van der Waals surface area contributed by atoms with Gasteiger partial charge in [0.05, 0.1) is 22.7 Å². The fourth-order valence-electron chi connectivity index (χ4n) is 3.12. The van der Waals surface area contributed by atoms with Crippen molar-refractivity contribution >= 4 is 44.2 Å². The molecule has 3 N–H and O–H groups in total. The molecule has 11 heteroatoms. The van der Waals surface area contributed by atoms with E-state index in [2.05, 4.69) is 4.98 Å². The molecule has 0 unspecified atom stereocenters. The Labute approximate surface area is 188 Å². The molecular weight excluding hydrogens is 444 g/mol. The van der Waals surface area contributed by atoms with Crippen LogP contribution in [0.15, 0.2) is 36.4 Å². The summed E-state index contributed by atoms with van der Waals surface area (Å²) in [4.78, 5) is 14.3. The predicted molar refractivity (Wildman–Crippen MR) is 114 cm³/mol. The van der Waals surface area contributed by atoms with E-state index in [0.717, 1.165) is 6.07 Å². The maximum Gasteiger partial charge on any atom is 0.433 e. The average molecular weight is 457 g/mol. The molecule has 0 aliphatic carbocycles. The molecule has 0 saturated heterocycles. The molecule has 0 amide bonds. The summed E-state index contributed by atoms with van der Waals surface area (Å²) in [5.74, 6) is -2.51. The Morgan fingerprint density at radius 3 is 2.12 bits per heavy atom.